The van der Waals surface area contributed by atoms with Gasteiger partial charge < -0.3 is 28.5 Å². The zero-order valence-corrected chi connectivity index (χ0v) is 57.0. The molecule has 498 valence electrons. The predicted octanol–water partition coefficient (Wildman–Crippen LogP) is 22.9. The summed E-state index contributed by atoms with van der Waals surface area (Å²) in [5, 5.41) is 9.75. The van der Waals surface area contributed by atoms with Crippen LogP contribution >= 0.6 is 0 Å². The first-order valence-corrected chi connectivity index (χ1v) is 36.8. The lowest BCUT2D eigenvalue weighted by Gasteiger charge is -2.25. The Morgan fingerprint density at radius 2 is 0.635 bits per heavy atom. The normalized spacial score (nSPS) is 12.9. The first-order chi connectivity index (χ1) is 41.6. The number of unbranched alkanes of at least 4 members (excludes halogenated alkanes) is 46. The summed E-state index contributed by atoms with van der Waals surface area (Å²) in [4.78, 5) is 37.6. The Labute approximate surface area is 527 Å². The SMILES string of the molecule is CCCCCCC/C=C\C/C=C\C/C=C\CCCCCCCCCCCCC(=O)OC(COC(=O)CCCCCCCCCCCCCCCCCCCCCCCCC/C=C\CCCCCCCCCC)COC(OCC[N+](C)(C)C)C(=O)O. The highest BCUT2D eigenvalue weighted by Crippen LogP contribution is 2.19. The Kier molecular flexibility index (Phi) is 65.0. The average Bonchev–Trinajstić information content (AvgIpc) is 3.49. The van der Waals surface area contributed by atoms with Gasteiger partial charge in [-0.3, -0.25) is 9.59 Å². The number of aliphatic carboxylic acids is 1. The minimum Gasteiger partial charge on any atom is -0.477 e. The van der Waals surface area contributed by atoms with Gasteiger partial charge in [0.25, 0.3) is 6.29 Å². The van der Waals surface area contributed by atoms with E-state index in [1.807, 2.05) is 21.1 Å². The van der Waals surface area contributed by atoms with Gasteiger partial charge in [0.15, 0.2) is 6.10 Å². The molecule has 0 saturated carbocycles. The van der Waals surface area contributed by atoms with Gasteiger partial charge >= 0.3 is 17.9 Å². The van der Waals surface area contributed by atoms with Crippen LogP contribution in [0.25, 0.3) is 0 Å². The molecule has 0 amide bonds. The smallest absolute Gasteiger partial charge is 0.361 e. The van der Waals surface area contributed by atoms with Crippen LogP contribution in [0.2, 0.25) is 0 Å². The largest absolute Gasteiger partial charge is 0.477 e. The van der Waals surface area contributed by atoms with Crippen LogP contribution in [-0.4, -0.2) is 87.4 Å². The summed E-state index contributed by atoms with van der Waals surface area (Å²) < 4.78 is 23.0. The quantitative estimate of drug-likeness (QED) is 0.0211. The van der Waals surface area contributed by atoms with Crippen LogP contribution < -0.4 is 0 Å². The number of rotatable bonds is 69. The minimum atomic E-state index is -1.51. The molecule has 2 atom stereocenters. The molecule has 0 bridgehead atoms. The molecular formula is C76H142NO8+. The number of carbonyl (C=O) groups excluding carboxylic acids is 2. The van der Waals surface area contributed by atoms with Gasteiger partial charge in [0.05, 0.1) is 34.4 Å². The van der Waals surface area contributed by atoms with Crippen molar-refractivity contribution in [2.75, 3.05) is 47.5 Å². The highest BCUT2D eigenvalue weighted by atomic mass is 16.7. The lowest BCUT2D eigenvalue weighted by Crippen LogP contribution is -2.40. The second-order valence-corrected chi connectivity index (χ2v) is 26.3. The molecule has 0 aliphatic heterocycles. The van der Waals surface area contributed by atoms with Crippen LogP contribution in [0.3, 0.4) is 0 Å². The summed E-state index contributed by atoms with van der Waals surface area (Å²) in [5.74, 6) is -1.99. The standard InChI is InChI=1S/C76H141NO8/c1-6-8-10-12-14-16-18-20-22-24-26-28-30-32-33-34-35-36-37-38-39-40-41-43-44-46-48-50-52-54-56-58-60-62-64-66-73(78)83-70-72(71-84-76(75(80)81)82-69-68-77(3,4)5)85-74(79)67-65-63-61-59-57-55-53-51-49-47-45-42-31-29-27-25-23-21-19-17-15-13-11-9-7-2/h19,21,24-27,31,42,72,76H,6-18,20,22-23,28-30,32-41,43-71H2,1-5H3/p+1/b21-19-,26-24-,27-25-,42-31-. The highest BCUT2D eigenvalue weighted by Gasteiger charge is 2.25. The molecule has 0 fully saturated rings. The molecule has 0 aromatic heterocycles. The second kappa shape index (κ2) is 67.2. The summed E-state index contributed by atoms with van der Waals surface area (Å²) in [6.45, 7) is 4.92. The Morgan fingerprint density at radius 3 is 0.953 bits per heavy atom. The number of ether oxygens (including phenoxy) is 4. The van der Waals surface area contributed by atoms with E-state index >= 15 is 0 Å². The molecule has 0 saturated heterocycles. The summed E-state index contributed by atoms with van der Waals surface area (Å²) in [7, 11) is 5.99. The zero-order valence-electron chi connectivity index (χ0n) is 57.0. The maximum Gasteiger partial charge on any atom is 0.361 e. The van der Waals surface area contributed by atoms with Crippen molar-refractivity contribution < 1.29 is 42.9 Å². The number of carboxylic acid groups (broad SMARTS) is 1. The van der Waals surface area contributed by atoms with Gasteiger partial charge in [0.1, 0.15) is 13.2 Å². The summed E-state index contributed by atoms with van der Waals surface area (Å²) in [6.07, 6.45) is 83.9. The molecule has 0 radical (unpaired) electrons. The molecule has 0 aromatic carbocycles. The highest BCUT2D eigenvalue weighted by molar-refractivity contribution is 5.71. The van der Waals surface area contributed by atoms with E-state index in [0.29, 0.717) is 17.4 Å². The summed E-state index contributed by atoms with van der Waals surface area (Å²) in [6, 6.07) is 0. The van der Waals surface area contributed by atoms with Gasteiger partial charge in [-0.15, -0.1) is 0 Å². The lowest BCUT2D eigenvalue weighted by molar-refractivity contribution is -0.870. The third kappa shape index (κ3) is 68.6. The molecule has 0 rings (SSSR count). The summed E-state index contributed by atoms with van der Waals surface area (Å²) >= 11 is 0. The predicted molar refractivity (Wildman–Crippen MR) is 364 cm³/mol. The van der Waals surface area contributed by atoms with Gasteiger partial charge in [-0.2, -0.15) is 0 Å². The molecule has 85 heavy (non-hydrogen) atoms. The van der Waals surface area contributed by atoms with E-state index in [1.165, 1.54) is 276 Å². The van der Waals surface area contributed by atoms with Gasteiger partial charge in [0.2, 0.25) is 0 Å². The first kappa shape index (κ1) is 82.2. The van der Waals surface area contributed by atoms with Crippen LogP contribution in [0.5, 0.6) is 0 Å². The Morgan fingerprint density at radius 1 is 0.353 bits per heavy atom. The van der Waals surface area contributed by atoms with E-state index < -0.39 is 24.3 Å². The van der Waals surface area contributed by atoms with Crippen LogP contribution in [0.15, 0.2) is 48.6 Å². The minimum absolute atomic E-state index is 0.180. The van der Waals surface area contributed by atoms with E-state index in [-0.39, 0.29) is 32.2 Å². The Hall–Kier alpha value is -2.75. The monoisotopic (exact) mass is 1200 g/mol. The van der Waals surface area contributed by atoms with E-state index in [9.17, 15) is 19.5 Å². The van der Waals surface area contributed by atoms with Crippen LogP contribution in [0.4, 0.5) is 0 Å². The van der Waals surface area contributed by atoms with E-state index in [0.717, 1.165) is 57.8 Å². The van der Waals surface area contributed by atoms with Crippen molar-refractivity contribution in [2.24, 2.45) is 0 Å². The number of nitrogens with zero attached hydrogens (tertiary/aromatic N) is 1. The molecule has 0 heterocycles. The van der Waals surface area contributed by atoms with Gasteiger partial charge in [-0.25, -0.2) is 4.79 Å². The molecule has 0 spiro atoms. The number of carboxylic acids is 1. The van der Waals surface area contributed by atoms with E-state index in [1.54, 1.807) is 0 Å². The van der Waals surface area contributed by atoms with Crippen molar-refractivity contribution >= 4 is 17.9 Å². The van der Waals surface area contributed by atoms with Crippen LogP contribution in [0, 0.1) is 0 Å². The van der Waals surface area contributed by atoms with Gasteiger partial charge in [0, 0.05) is 12.8 Å². The van der Waals surface area contributed by atoms with Crippen LogP contribution in [0.1, 0.15) is 361 Å². The third-order valence-electron chi connectivity index (χ3n) is 16.6. The fourth-order valence-electron chi connectivity index (χ4n) is 10.9. The van der Waals surface area contributed by atoms with E-state index in [2.05, 4.69) is 62.5 Å². The topological polar surface area (TPSA) is 108 Å². The molecule has 0 aliphatic carbocycles. The molecule has 0 aromatic rings. The van der Waals surface area contributed by atoms with Crippen molar-refractivity contribution in [2.45, 2.75) is 373 Å². The molecule has 0 aliphatic rings. The van der Waals surface area contributed by atoms with Crippen molar-refractivity contribution in [3.63, 3.8) is 0 Å². The number of quaternary nitrogens is 1. The maximum absolute atomic E-state index is 12.9. The van der Waals surface area contributed by atoms with E-state index in [4.69, 9.17) is 18.9 Å². The zero-order chi connectivity index (χ0) is 61.9. The van der Waals surface area contributed by atoms with Crippen molar-refractivity contribution in [3.05, 3.63) is 48.6 Å². The van der Waals surface area contributed by atoms with Gasteiger partial charge in [-0.1, -0.05) is 319 Å². The van der Waals surface area contributed by atoms with Crippen LogP contribution in [-0.2, 0) is 33.3 Å². The second-order valence-electron chi connectivity index (χ2n) is 26.3. The molecule has 9 heteroatoms. The first-order valence-electron chi connectivity index (χ1n) is 36.8. The Bertz CT molecular complexity index is 1530. The average molecular weight is 1200 g/mol. The van der Waals surface area contributed by atoms with Crippen molar-refractivity contribution in [3.8, 4) is 0 Å². The fourth-order valence-corrected chi connectivity index (χ4v) is 10.9. The third-order valence-corrected chi connectivity index (χ3v) is 16.6. The van der Waals surface area contributed by atoms with Crippen molar-refractivity contribution in [1.29, 1.82) is 0 Å². The number of allylic oxidation sites excluding steroid dienone is 8. The molecule has 1 N–H and O–H groups in total. The van der Waals surface area contributed by atoms with Gasteiger partial charge in [-0.05, 0) is 77.0 Å². The number of hydrogen-bond donors (Lipinski definition) is 1. The fraction of sp³-hybridized carbons (Fsp3) is 0.855. The van der Waals surface area contributed by atoms with Crippen molar-refractivity contribution in [1.82, 2.24) is 0 Å². The molecule has 9 nitrogen and oxygen atoms in total. The number of likely N-dealkylation sites (N-methyl/N-ethyl adjacent to an activating group) is 1. The maximum atomic E-state index is 12.9. The number of hydrogen-bond acceptors (Lipinski definition) is 7. The molecular weight excluding hydrogens is 1050 g/mol. The number of esters is 2. The summed E-state index contributed by atoms with van der Waals surface area (Å²) in [5.41, 5.74) is 0. The molecule has 2 unspecified atom stereocenters. The Balaban J connectivity index is 4.03. The lowest BCUT2D eigenvalue weighted by atomic mass is 10.0. The number of carbonyl (C=O) groups is 3.